The predicted octanol–water partition coefficient (Wildman–Crippen LogP) is 3.71. The molecule has 0 saturated carbocycles. The summed E-state index contributed by atoms with van der Waals surface area (Å²) in [5.74, 6) is -0.0291. The Labute approximate surface area is 194 Å². The number of rotatable bonds is 4. The molecule has 0 aliphatic carbocycles. The van der Waals surface area contributed by atoms with Crippen molar-refractivity contribution >= 4 is 56.0 Å². The van der Waals surface area contributed by atoms with Crippen LogP contribution in [-0.2, 0) is 4.74 Å². The van der Waals surface area contributed by atoms with Crippen molar-refractivity contribution in [2.45, 2.75) is 19.0 Å². The van der Waals surface area contributed by atoms with Crippen LogP contribution in [0.2, 0.25) is 0 Å². The van der Waals surface area contributed by atoms with Crippen LogP contribution in [0.15, 0.2) is 48.8 Å². The quantitative estimate of drug-likeness (QED) is 0.264. The van der Waals surface area contributed by atoms with E-state index in [2.05, 4.69) is 10.4 Å². The number of thiophene rings is 1. The molecule has 0 fully saturated rings. The van der Waals surface area contributed by atoms with Crippen LogP contribution in [0.1, 0.15) is 27.7 Å². The van der Waals surface area contributed by atoms with E-state index in [1.807, 2.05) is 19.1 Å². The third kappa shape index (κ3) is 3.40. The number of nitrogens with one attached hydrogen (secondary N) is 1. The maximum absolute atomic E-state index is 13.3. The Bertz CT molecular complexity index is 1600. The largest absolute Gasteiger partial charge is 0.490 e. The molecule has 1 N–H and O–H groups in total. The number of carbonyl (C=O) groups is 1. The summed E-state index contributed by atoms with van der Waals surface area (Å²) in [6.45, 7) is 3.97. The van der Waals surface area contributed by atoms with Gasteiger partial charge in [-0.2, -0.15) is 4.68 Å². The summed E-state index contributed by atoms with van der Waals surface area (Å²) in [5, 5.41) is 3.09. The summed E-state index contributed by atoms with van der Waals surface area (Å²) >= 11 is 2.30. The minimum Gasteiger partial charge on any atom is -0.490 e. The van der Waals surface area contributed by atoms with Gasteiger partial charge in [-0.3, -0.25) is 10.2 Å². The van der Waals surface area contributed by atoms with Crippen LogP contribution in [0.4, 0.5) is 0 Å². The zero-order valence-corrected chi connectivity index (χ0v) is 19.4. The fraction of sp³-hybridized carbons (Fsp3) is 0.182. The lowest BCUT2D eigenvalue weighted by Crippen LogP contribution is -2.33. The van der Waals surface area contributed by atoms with Gasteiger partial charge in [-0.25, -0.2) is 14.6 Å². The van der Waals surface area contributed by atoms with Gasteiger partial charge in [0.05, 0.1) is 30.4 Å². The number of fused-ring (bicyclic) bond motifs is 3. The maximum atomic E-state index is 13.3. The van der Waals surface area contributed by atoms with E-state index in [9.17, 15) is 14.4 Å². The van der Waals surface area contributed by atoms with E-state index in [-0.39, 0.29) is 11.1 Å². The molecular formula is C22H17N3O6S2. The minimum absolute atomic E-state index is 0.263. The van der Waals surface area contributed by atoms with Gasteiger partial charge in [0, 0.05) is 10.8 Å². The standard InChI is InChI=1S/C22H17N3O6S2/c1-4-30-14-7-5-6-11-8-12(20(27)31-16(11)14)13-9-32-22-23-18-15(19(26)25(22)24-13)10(2)17(33-18)21(28)29-3/h5-9,24H,4H2,1-3H3. The van der Waals surface area contributed by atoms with Crippen LogP contribution in [-0.4, -0.2) is 29.3 Å². The Balaban J connectivity index is 1.60. The first-order valence-corrected chi connectivity index (χ1v) is 11.6. The molecule has 4 heterocycles. The van der Waals surface area contributed by atoms with Crippen LogP contribution in [0, 0.1) is 6.92 Å². The first-order chi connectivity index (χ1) is 15.9. The van der Waals surface area contributed by atoms with Gasteiger partial charge in [0.15, 0.2) is 16.5 Å². The molecule has 11 heteroatoms. The van der Waals surface area contributed by atoms with Gasteiger partial charge >= 0.3 is 11.6 Å². The molecule has 1 aliphatic heterocycles. The van der Waals surface area contributed by atoms with Crippen molar-refractivity contribution in [3.05, 3.63) is 66.5 Å². The Kier molecular flexibility index (Phi) is 5.22. The summed E-state index contributed by atoms with van der Waals surface area (Å²) in [7, 11) is 1.29. The molecule has 0 amide bonds. The predicted molar refractivity (Wildman–Crippen MR) is 127 cm³/mol. The summed E-state index contributed by atoms with van der Waals surface area (Å²) in [4.78, 5) is 43.4. The van der Waals surface area contributed by atoms with Crippen LogP contribution in [0.3, 0.4) is 0 Å². The van der Waals surface area contributed by atoms with Crippen molar-refractivity contribution in [3.8, 4) is 5.75 Å². The Morgan fingerprint density at radius 1 is 1.30 bits per heavy atom. The van der Waals surface area contributed by atoms with E-state index in [0.717, 1.165) is 11.3 Å². The van der Waals surface area contributed by atoms with E-state index in [1.165, 1.54) is 23.5 Å². The van der Waals surface area contributed by atoms with Gasteiger partial charge in [0.1, 0.15) is 9.71 Å². The van der Waals surface area contributed by atoms with Gasteiger partial charge in [0.25, 0.3) is 5.56 Å². The second-order valence-electron chi connectivity index (χ2n) is 7.08. The molecule has 5 rings (SSSR count). The van der Waals surface area contributed by atoms with Crippen molar-refractivity contribution in [1.29, 1.82) is 0 Å². The molecule has 9 nitrogen and oxygen atoms in total. The molecule has 4 aromatic rings. The summed E-state index contributed by atoms with van der Waals surface area (Å²) in [5.41, 5.74) is 3.56. The monoisotopic (exact) mass is 483 g/mol. The Hall–Kier alpha value is -3.57. The van der Waals surface area contributed by atoms with E-state index in [0.29, 0.717) is 54.8 Å². The Morgan fingerprint density at radius 3 is 2.88 bits per heavy atom. The number of aryl methyl sites for hydroxylation is 1. The third-order valence-electron chi connectivity index (χ3n) is 5.13. The van der Waals surface area contributed by atoms with E-state index < -0.39 is 11.6 Å². The number of hydrogen-bond donors (Lipinski definition) is 1. The number of ether oxygens (including phenoxy) is 2. The van der Waals surface area contributed by atoms with Crippen molar-refractivity contribution < 1.29 is 18.7 Å². The number of nitrogens with zero attached hydrogens (tertiary/aromatic N) is 2. The molecule has 33 heavy (non-hydrogen) atoms. The number of esters is 1. The second kappa shape index (κ2) is 8.09. The zero-order chi connectivity index (χ0) is 23.3. The number of thioether (sulfide) groups is 1. The van der Waals surface area contributed by atoms with E-state index in [1.54, 1.807) is 24.5 Å². The number of carbonyl (C=O) groups excluding carboxylic acids is 1. The highest BCUT2D eigenvalue weighted by Gasteiger charge is 2.25. The smallest absolute Gasteiger partial charge is 0.348 e. The minimum atomic E-state index is -0.570. The molecule has 0 saturated heterocycles. The van der Waals surface area contributed by atoms with E-state index >= 15 is 0 Å². The van der Waals surface area contributed by atoms with Crippen molar-refractivity contribution in [2.75, 3.05) is 19.1 Å². The molecule has 3 aromatic heterocycles. The van der Waals surface area contributed by atoms with Crippen molar-refractivity contribution in [1.82, 2.24) is 9.66 Å². The number of benzene rings is 1. The highest BCUT2D eigenvalue weighted by Crippen LogP contribution is 2.33. The fourth-order valence-electron chi connectivity index (χ4n) is 3.59. The van der Waals surface area contributed by atoms with Gasteiger partial charge < -0.3 is 13.9 Å². The van der Waals surface area contributed by atoms with Gasteiger partial charge in [0.2, 0.25) is 0 Å². The highest BCUT2D eigenvalue weighted by atomic mass is 32.2. The number of aromatic nitrogens is 2. The Morgan fingerprint density at radius 2 is 2.12 bits per heavy atom. The van der Waals surface area contributed by atoms with E-state index in [4.69, 9.17) is 13.9 Å². The molecule has 0 atom stereocenters. The molecule has 0 spiro atoms. The summed E-state index contributed by atoms with van der Waals surface area (Å²) in [6, 6.07) is 7.06. The number of hydrogen-bond acceptors (Lipinski definition) is 10. The first-order valence-electron chi connectivity index (χ1n) is 9.91. The van der Waals surface area contributed by atoms with Crippen LogP contribution in [0.25, 0.3) is 26.9 Å². The summed E-state index contributed by atoms with van der Waals surface area (Å²) in [6.07, 6.45) is 0. The molecular weight excluding hydrogens is 466 g/mol. The fourth-order valence-corrected chi connectivity index (χ4v) is 5.51. The zero-order valence-electron chi connectivity index (χ0n) is 17.8. The maximum Gasteiger partial charge on any atom is 0.348 e. The van der Waals surface area contributed by atoms with Crippen molar-refractivity contribution in [3.63, 3.8) is 0 Å². The third-order valence-corrected chi connectivity index (χ3v) is 7.14. The highest BCUT2D eigenvalue weighted by molar-refractivity contribution is 8.02. The molecule has 0 bridgehead atoms. The van der Waals surface area contributed by atoms with Crippen molar-refractivity contribution in [2.24, 2.45) is 0 Å². The van der Waals surface area contributed by atoms with Crippen LogP contribution >= 0.6 is 23.1 Å². The van der Waals surface area contributed by atoms with Crippen LogP contribution < -0.4 is 21.3 Å². The SMILES string of the molecule is CCOc1cccc2cc(C3=CSc4nc5sc(C(=O)OC)c(C)c5c(=O)n4N3)c(=O)oc12. The van der Waals surface area contributed by atoms with Crippen LogP contribution in [0.5, 0.6) is 5.75 Å². The molecule has 0 unspecified atom stereocenters. The lowest BCUT2D eigenvalue weighted by molar-refractivity contribution is 0.0605. The lowest BCUT2D eigenvalue weighted by atomic mass is 10.1. The van der Waals surface area contributed by atoms with Gasteiger partial charge in [-0.15, -0.1) is 11.3 Å². The van der Waals surface area contributed by atoms with Gasteiger partial charge in [-0.1, -0.05) is 23.9 Å². The lowest BCUT2D eigenvalue weighted by Gasteiger charge is -2.19. The molecule has 168 valence electrons. The first kappa shape index (κ1) is 21.3. The summed E-state index contributed by atoms with van der Waals surface area (Å²) < 4.78 is 17.2. The average molecular weight is 484 g/mol. The topological polar surface area (TPSA) is 113 Å². The second-order valence-corrected chi connectivity index (χ2v) is 8.91. The number of methoxy groups -OCH3 is 1. The van der Waals surface area contributed by atoms with Gasteiger partial charge in [-0.05, 0) is 31.5 Å². The molecule has 1 aromatic carbocycles. The molecule has 1 aliphatic rings. The normalized spacial score (nSPS) is 12.9. The molecule has 0 radical (unpaired) electrons. The number of para-hydroxylation sites is 1. The average Bonchev–Trinajstić information content (AvgIpc) is 3.15.